The van der Waals surface area contributed by atoms with Crippen LogP contribution in [0.5, 0.6) is 0 Å². The molecule has 0 aromatic rings. The van der Waals surface area contributed by atoms with Crippen LogP contribution in [-0.4, -0.2) is 5.38 Å². The van der Waals surface area contributed by atoms with Crippen molar-refractivity contribution in [3.8, 4) is 0 Å². The molecule has 1 rings (SSSR count). The number of alkyl halides is 1. The largest absolute Gasteiger partial charge is 0.123 e. The molecule has 0 nitrogen and oxygen atoms in total. The Morgan fingerprint density at radius 1 is 1.15 bits per heavy atom. The van der Waals surface area contributed by atoms with Crippen LogP contribution >= 0.6 is 11.6 Å². The second-order valence-electron chi connectivity index (χ2n) is 4.60. The third-order valence-electron chi connectivity index (χ3n) is 3.63. The molecule has 0 heterocycles. The lowest BCUT2D eigenvalue weighted by Gasteiger charge is -2.26. The lowest BCUT2D eigenvalue weighted by Crippen LogP contribution is -2.15. The van der Waals surface area contributed by atoms with E-state index in [1.165, 1.54) is 44.9 Å². The fourth-order valence-corrected chi connectivity index (χ4v) is 2.70. The first-order valence-corrected chi connectivity index (χ1v) is 6.31. The lowest BCUT2D eigenvalue weighted by atomic mass is 9.81. The predicted octanol–water partition coefficient (Wildman–Crippen LogP) is 4.61. The third kappa shape index (κ3) is 3.89. The van der Waals surface area contributed by atoms with Gasteiger partial charge in [0.1, 0.15) is 0 Å². The van der Waals surface area contributed by atoms with E-state index in [2.05, 4.69) is 13.8 Å². The van der Waals surface area contributed by atoms with E-state index in [9.17, 15) is 0 Å². The Morgan fingerprint density at radius 3 is 2.15 bits per heavy atom. The Balaban J connectivity index is 2.32. The minimum atomic E-state index is 0.470. The van der Waals surface area contributed by atoms with Gasteiger partial charge in [-0.1, -0.05) is 46.0 Å². The van der Waals surface area contributed by atoms with Crippen LogP contribution in [0.4, 0.5) is 0 Å². The first-order valence-electron chi connectivity index (χ1n) is 5.88. The van der Waals surface area contributed by atoms with Crippen molar-refractivity contribution >= 4 is 11.6 Å². The molecule has 0 radical (unpaired) electrons. The smallest absolute Gasteiger partial charge is 0.0336 e. The highest BCUT2D eigenvalue weighted by atomic mass is 35.5. The van der Waals surface area contributed by atoms with Crippen molar-refractivity contribution in [3.63, 3.8) is 0 Å². The van der Waals surface area contributed by atoms with E-state index >= 15 is 0 Å². The van der Waals surface area contributed by atoms with Crippen LogP contribution in [0.3, 0.4) is 0 Å². The predicted molar refractivity (Wildman–Crippen MR) is 60.3 cm³/mol. The maximum atomic E-state index is 6.15. The van der Waals surface area contributed by atoms with Crippen molar-refractivity contribution in [2.45, 2.75) is 64.2 Å². The molecule has 1 saturated carbocycles. The summed E-state index contributed by atoms with van der Waals surface area (Å²) in [5, 5.41) is 0.470. The number of halogens is 1. The molecule has 13 heavy (non-hydrogen) atoms. The van der Waals surface area contributed by atoms with Crippen molar-refractivity contribution in [1.29, 1.82) is 0 Å². The van der Waals surface area contributed by atoms with E-state index in [-0.39, 0.29) is 0 Å². The van der Waals surface area contributed by atoms with Gasteiger partial charge in [-0.25, -0.2) is 0 Å². The van der Waals surface area contributed by atoms with Gasteiger partial charge in [0.15, 0.2) is 0 Å². The van der Waals surface area contributed by atoms with E-state index in [1.54, 1.807) is 0 Å². The van der Waals surface area contributed by atoms with Gasteiger partial charge in [-0.15, -0.1) is 11.6 Å². The van der Waals surface area contributed by atoms with Gasteiger partial charge in [-0.05, 0) is 24.7 Å². The molecular formula is C12H23Cl. The van der Waals surface area contributed by atoms with Gasteiger partial charge in [0.2, 0.25) is 0 Å². The summed E-state index contributed by atoms with van der Waals surface area (Å²) in [6, 6.07) is 0. The Labute approximate surface area is 88.1 Å². The van der Waals surface area contributed by atoms with Crippen LogP contribution in [0, 0.1) is 11.8 Å². The topological polar surface area (TPSA) is 0 Å². The Kier molecular flexibility index (Phi) is 5.16. The lowest BCUT2D eigenvalue weighted by molar-refractivity contribution is 0.276. The van der Waals surface area contributed by atoms with E-state index in [1.807, 2.05) is 0 Å². The Morgan fingerprint density at radius 2 is 1.69 bits per heavy atom. The Hall–Kier alpha value is 0.290. The summed E-state index contributed by atoms with van der Waals surface area (Å²) in [6.45, 7) is 4.72. The van der Waals surface area contributed by atoms with Crippen molar-refractivity contribution in [2.75, 3.05) is 0 Å². The van der Waals surface area contributed by atoms with Gasteiger partial charge < -0.3 is 0 Å². The highest BCUT2D eigenvalue weighted by Crippen LogP contribution is 2.31. The Bertz CT molecular complexity index is 123. The number of hydrogen-bond donors (Lipinski definition) is 0. The first-order chi connectivity index (χ1) is 6.24. The summed E-state index contributed by atoms with van der Waals surface area (Å²) in [5.74, 6) is 1.90. The molecule has 78 valence electrons. The van der Waals surface area contributed by atoms with E-state index in [4.69, 9.17) is 11.6 Å². The van der Waals surface area contributed by atoms with Crippen LogP contribution in [0.25, 0.3) is 0 Å². The molecule has 1 unspecified atom stereocenters. The molecule has 0 aromatic heterocycles. The molecular weight excluding hydrogens is 180 g/mol. The SMILES string of the molecule is CCC(C)C1CCCC(Cl)CCC1. The van der Waals surface area contributed by atoms with Gasteiger partial charge in [-0.3, -0.25) is 0 Å². The van der Waals surface area contributed by atoms with Gasteiger partial charge >= 0.3 is 0 Å². The van der Waals surface area contributed by atoms with Crippen molar-refractivity contribution in [2.24, 2.45) is 11.8 Å². The summed E-state index contributed by atoms with van der Waals surface area (Å²) in [4.78, 5) is 0. The highest BCUT2D eigenvalue weighted by Gasteiger charge is 2.18. The zero-order valence-corrected chi connectivity index (χ0v) is 9.82. The minimum Gasteiger partial charge on any atom is -0.123 e. The fraction of sp³-hybridized carbons (Fsp3) is 1.00. The molecule has 0 bridgehead atoms. The average molecular weight is 203 g/mol. The quantitative estimate of drug-likeness (QED) is 0.574. The average Bonchev–Trinajstić information content (AvgIpc) is 2.10. The van der Waals surface area contributed by atoms with Crippen LogP contribution in [0.2, 0.25) is 0 Å². The van der Waals surface area contributed by atoms with Gasteiger partial charge in [-0.2, -0.15) is 0 Å². The highest BCUT2D eigenvalue weighted by molar-refractivity contribution is 6.20. The zero-order chi connectivity index (χ0) is 9.68. The van der Waals surface area contributed by atoms with Gasteiger partial charge in [0.25, 0.3) is 0 Å². The summed E-state index contributed by atoms with van der Waals surface area (Å²) < 4.78 is 0. The van der Waals surface area contributed by atoms with E-state index in [0.717, 1.165) is 11.8 Å². The monoisotopic (exact) mass is 202 g/mol. The number of hydrogen-bond acceptors (Lipinski definition) is 0. The van der Waals surface area contributed by atoms with Gasteiger partial charge in [0, 0.05) is 5.38 Å². The van der Waals surface area contributed by atoms with Crippen molar-refractivity contribution in [3.05, 3.63) is 0 Å². The summed E-state index contributed by atoms with van der Waals surface area (Å²) in [7, 11) is 0. The maximum absolute atomic E-state index is 6.15. The molecule has 0 aromatic carbocycles. The molecule has 1 atom stereocenters. The molecule has 0 spiro atoms. The molecule has 1 fully saturated rings. The summed E-state index contributed by atoms with van der Waals surface area (Å²) >= 11 is 6.15. The second-order valence-corrected chi connectivity index (χ2v) is 5.22. The van der Waals surface area contributed by atoms with Crippen LogP contribution < -0.4 is 0 Å². The van der Waals surface area contributed by atoms with E-state index in [0.29, 0.717) is 5.38 Å². The first kappa shape index (κ1) is 11.4. The molecule has 0 N–H and O–H groups in total. The zero-order valence-electron chi connectivity index (χ0n) is 9.06. The molecule has 0 aliphatic heterocycles. The summed E-state index contributed by atoms with van der Waals surface area (Å²) in [5.41, 5.74) is 0. The third-order valence-corrected chi connectivity index (χ3v) is 4.07. The molecule has 0 saturated heterocycles. The fourth-order valence-electron chi connectivity index (χ4n) is 2.39. The molecule has 1 aliphatic rings. The molecule has 1 heteroatoms. The van der Waals surface area contributed by atoms with Crippen LogP contribution in [0.15, 0.2) is 0 Å². The van der Waals surface area contributed by atoms with Crippen molar-refractivity contribution < 1.29 is 0 Å². The normalized spacial score (nSPS) is 33.5. The molecule has 0 amide bonds. The molecule has 1 aliphatic carbocycles. The van der Waals surface area contributed by atoms with Crippen molar-refractivity contribution in [1.82, 2.24) is 0 Å². The minimum absolute atomic E-state index is 0.470. The second kappa shape index (κ2) is 5.90. The number of rotatable bonds is 2. The standard InChI is InChI=1S/C12H23Cl/c1-3-10(2)11-6-4-8-12(13)9-5-7-11/h10-12H,3-9H2,1-2H3. The van der Waals surface area contributed by atoms with Crippen LogP contribution in [-0.2, 0) is 0 Å². The van der Waals surface area contributed by atoms with Crippen LogP contribution in [0.1, 0.15) is 58.8 Å². The maximum Gasteiger partial charge on any atom is 0.0336 e. The van der Waals surface area contributed by atoms with E-state index < -0.39 is 0 Å². The van der Waals surface area contributed by atoms with Gasteiger partial charge in [0.05, 0.1) is 0 Å². The summed E-state index contributed by atoms with van der Waals surface area (Å²) in [6.07, 6.45) is 9.36.